The van der Waals surface area contributed by atoms with Gasteiger partial charge in [-0.15, -0.1) is 0 Å². The summed E-state index contributed by atoms with van der Waals surface area (Å²) in [5.74, 6) is 0.705. The number of sulfonamides is 1. The van der Waals surface area contributed by atoms with Gasteiger partial charge in [0.05, 0.1) is 22.3 Å². The van der Waals surface area contributed by atoms with Crippen LogP contribution < -0.4 is 5.73 Å². The number of pyridine rings is 1. The first-order valence-electron chi connectivity index (χ1n) is 9.65. The van der Waals surface area contributed by atoms with Crippen LogP contribution in [0.2, 0.25) is 0 Å². The van der Waals surface area contributed by atoms with Gasteiger partial charge in [0.1, 0.15) is 5.82 Å². The van der Waals surface area contributed by atoms with Gasteiger partial charge in [-0.25, -0.2) is 13.4 Å². The van der Waals surface area contributed by atoms with Crippen molar-refractivity contribution in [2.45, 2.75) is 31.8 Å². The Kier molecular flexibility index (Phi) is 5.13. The fourth-order valence-electron chi connectivity index (χ4n) is 3.63. The van der Waals surface area contributed by atoms with Gasteiger partial charge >= 0.3 is 0 Å². The molecule has 2 aromatic heterocycles. The smallest absolute Gasteiger partial charge is 0.243 e. The number of β-amino-alcohol motifs (C(OH)–C–C–N with tert-alkyl or cyclic N) is 1. The zero-order valence-electron chi connectivity index (χ0n) is 17.0. The summed E-state index contributed by atoms with van der Waals surface area (Å²) in [7, 11) is -3.72. The Balaban J connectivity index is 1.76. The molecule has 3 N–H and O–H groups in total. The fraction of sp³-hybridized carbons (Fsp3) is 0.333. The monoisotopic (exact) mass is 428 g/mol. The van der Waals surface area contributed by atoms with E-state index < -0.39 is 16.1 Å². The average molecular weight is 429 g/mol. The molecule has 1 aromatic carbocycles. The Labute approximate surface area is 175 Å². The Bertz CT molecular complexity index is 1200. The van der Waals surface area contributed by atoms with Crippen LogP contribution >= 0.6 is 0 Å². The van der Waals surface area contributed by atoms with E-state index in [1.807, 2.05) is 26.8 Å². The van der Waals surface area contributed by atoms with E-state index in [4.69, 9.17) is 10.3 Å². The van der Waals surface area contributed by atoms with Crippen LogP contribution in [0.3, 0.4) is 0 Å². The van der Waals surface area contributed by atoms with E-state index in [1.54, 1.807) is 30.5 Å². The molecule has 1 aliphatic rings. The molecule has 2 atom stereocenters. The van der Waals surface area contributed by atoms with Crippen LogP contribution in [0.15, 0.2) is 45.9 Å². The first-order chi connectivity index (χ1) is 14.2. The highest BCUT2D eigenvalue weighted by Gasteiger charge is 2.36. The Morgan fingerprint density at radius 3 is 2.57 bits per heavy atom. The highest BCUT2D eigenvalue weighted by molar-refractivity contribution is 7.89. The highest BCUT2D eigenvalue weighted by Crippen LogP contribution is 2.33. The minimum Gasteiger partial charge on any atom is -0.391 e. The van der Waals surface area contributed by atoms with Crippen molar-refractivity contribution in [1.29, 1.82) is 0 Å². The van der Waals surface area contributed by atoms with Crippen molar-refractivity contribution in [2.75, 3.05) is 18.8 Å². The van der Waals surface area contributed by atoms with Crippen molar-refractivity contribution in [3.63, 3.8) is 0 Å². The van der Waals surface area contributed by atoms with Gasteiger partial charge in [-0.2, -0.15) is 4.31 Å². The van der Waals surface area contributed by atoms with Crippen LogP contribution in [0.4, 0.5) is 5.82 Å². The Hall–Kier alpha value is -2.75. The van der Waals surface area contributed by atoms with Crippen LogP contribution in [0.25, 0.3) is 22.5 Å². The summed E-state index contributed by atoms with van der Waals surface area (Å²) in [6.07, 6.45) is 0.960. The van der Waals surface area contributed by atoms with Crippen molar-refractivity contribution in [3.05, 3.63) is 47.8 Å². The van der Waals surface area contributed by atoms with E-state index in [0.717, 1.165) is 22.4 Å². The van der Waals surface area contributed by atoms with Gasteiger partial charge in [0.25, 0.3) is 0 Å². The lowest BCUT2D eigenvalue weighted by atomic mass is 10.00. The Morgan fingerprint density at radius 1 is 1.17 bits per heavy atom. The number of nitrogens with zero attached hydrogens (tertiary/aromatic N) is 3. The molecule has 0 bridgehead atoms. The maximum absolute atomic E-state index is 13.1. The minimum atomic E-state index is -3.72. The molecule has 8 nitrogen and oxygen atoms in total. The zero-order chi connectivity index (χ0) is 21.6. The number of aliphatic hydroxyl groups excluding tert-OH is 1. The number of anilines is 1. The zero-order valence-corrected chi connectivity index (χ0v) is 17.8. The van der Waals surface area contributed by atoms with E-state index >= 15 is 0 Å². The fourth-order valence-corrected chi connectivity index (χ4v) is 5.22. The van der Waals surface area contributed by atoms with Crippen LogP contribution in [0, 0.1) is 19.8 Å². The lowest BCUT2D eigenvalue weighted by molar-refractivity contribution is 0.153. The molecule has 3 aromatic rings. The average Bonchev–Trinajstić information content (AvgIpc) is 3.28. The second kappa shape index (κ2) is 7.50. The summed E-state index contributed by atoms with van der Waals surface area (Å²) < 4.78 is 32.9. The number of benzene rings is 1. The van der Waals surface area contributed by atoms with Gasteiger partial charge in [-0.05, 0) is 49.1 Å². The molecular formula is C21H24N4O4S. The molecule has 0 spiro atoms. The van der Waals surface area contributed by atoms with Crippen molar-refractivity contribution >= 4 is 15.8 Å². The van der Waals surface area contributed by atoms with Crippen LogP contribution in [0.1, 0.15) is 18.2 Å². The number of nitrogens with two attached hydrogens (primary N) is 1. The molecule has 1 aliphatic heterocycles. The summed E-state index contributed by atoms with van der Waals surface area (Å²) in [5, 5.41) is 13.9. The van der Waals surface area contributed by atoms with Crippen LogP contribution in [-0.2, 0) is 10.0 Å². The molecule has 9 heteroatoms. The minimum absolute atomic E-state index is 0.0982. The van der Waals surface area contributed by atoms with Gasteiger partial charge in [-0.1, -0.05) is 18.1 Å². The topological polar surface area (TPSA) is 123 Å². The molecule has 0 aliphatic carbocycles. The molecule has 1 saturated heterocycles. The third kappa shape index (κ3) is 3.60. The number of aryl methyl sites for hydroxylation is 2. The van der Waals surface area contributed by atoms with E-state index in [-0.39, 0.29) is 17.4 Å². The van der Waals surface area contributed by atoms with E-state index in [9.17, 15) is 13.5 Å². The number of aromatic nitrogens is 2. The van der Waals surface area contributed by atoms with Gasteiger partial charge in [0.15, 0.2) is 5.76 Å². The first kappa shape index (κ1) is 20.5. The summed E-state index contributed by atoms with van der Waals surface area (Å²) >= 11 is 0. The van der Waals surface area contributed by atoms with Gasteiger partial charge in [-0.3, -0.25) is 0 Å². The molecule has 1 fully saturated rings. The number of rotatable bonds is 4. The molecule has 0 amide bonds. The first-order valence-corrected chi connectivity index (χ1v) is 11.1. The second-order valence-electron chi connectivity index (χ2n) is 7.83. The lowest BCUT2D eigenvalue weighted by Gasteiger charge is -2.17. The summed E-state index contributed by atoms with van der Waals surface area (Å²) in [6, 6.07) is 8.60. The maximum atomic E-state index is 13.1. The van der Waals surface area contributed by atoms with Crippen molar-refractivity contribution in [1.82, 2.24) is 14.4 Å². The molecular weight excluding hydrogens is 404 g/mol. The summed E-state index contributed by atoms with van der Waals surface area (Å²) in [6.45, 7) is 5.96. The molecule has 158 valence electrons. The highest BCUT2D eigenvalue weighted by atomic mass is 32.2. The number of hydrogen-bond acceptors (Lipinski definition) is 7. The standard InChI is InChI=1S/C21H24N4O4S/c1-12-4-5-16(30(27,28)25-10-13(2)19(26)11-25)8-17(12)15-7-18(21(22)23-9-15)20-6-14(3)24-29-20/h4-9,13,19,26H,10-11H2,1-3H3,(H2,22,23)/t13?,19-/m0/s1. The predicted octanol–water partition coefficient (Wildman–Crippen LogP) is 2.60. The SMILES string of the molecule is Cc1cc(-c2cc(-c3cc(S(=O)(=O)N4CC(C)[C@@H](O)C4)ccc3C)cnc2N)on1. The van der Waals surface area contributed by atoms with Crippen molar-refractivity contribution in [2.24, 2.45) is 5.92 Å². The predicted molar refractivity (Wildman–Crippen MR) is 113 cm³/mol. The van der Waals surface area contributed by atoms with Gasteiger partial charge in [0, 0.05) is 30.9 Å². The van der Waals surface area contributed by atoms with Crippen LogP contribution in [-0.4, -0.2) is 47.2 Å². The second-order valence-corrected chi connectivity index (χ2v) is 9.77. The van der Waals surface area contributed by atoms with Crippen LogP contribution in [0.5, 0.6) is 0 Å². The largest absolute Gasteiger partial charge is 0.391 e. The molecule has 30 heavy (non-hydrogen) atoms. The van der Waals surface area contributed by atoms with E-state index in [2.05, 4.69) is 10.1 Å². The number of aliphatic hydroxyl groups is 1. The third-order valence-electron chi connectivity index (χ3n) is 5.51. The van der Waals surface area contributed by atoms with Crippen molar-refractivity contribution < 1.29 is 18.0 Å². The Morgan fingerprint density at radius 2 is 1.93 bits per heavy atom. The molecule has 3 heterocycles. The lowest BCUT2D eigenvalue weighted by Crippen LogP contribution is -2.29. The summed E-state index contributed by atoms with van der Waals surface area (Å²) in [5.41, 5.74) is 9.70. The normalized spacial score (nSPS) is 20.0. The summed E-state index contributed by atoms with van der Waals surface area (Å²) in [4.78, 5) is 4.45. The number of hydrogen-bond donors (Lipinski definition) is 2. The molecule has 4 rings (SSSR count). The van der Waals surface area contributed by atoms with E-state index in [0.29, 0.717) is 23.7 Å². The third-order valence-corrected chi connectivity index (χ3v) is 7.34. The van der Waals surface area contributed by atoms with E-state index in [1.165, 1.54) is 4.31 Å². The number of nitrogen functional groups attached to an aromatic ring is 1. The molecule has 1 unspecified atom stereocenters. The maximum Gasteiger partial charge on any atom is 0.243 e. The van der Waals surface area contributed by atoms with Gasteiger partial charge in [0.2, 0.25) is 10.0 Å². The molecule has 0 radical (unpaired) electrons. The van der Waals surface area contributed by atoms with Gasteiger partial charge < -0.3 is 15.4 Å². The van der Waals surface area contributed by atoms with Crippen molar-refractivity contribution in [3.8, 4) is 22.5 Å². The quantitative estimate of drug-likeness (QED) is 0.655. The molecule has 0 saturated carbocycles.